The Morgan fingerprint density at radius 1 is 1.42 bits per heavy atom. The van der Waals surface area contributed by atoms with Gasteiger partial charge in [0.1, 0.15) is 0 Å². The number of rotatable bonds is 1. The van der Waals surface area contributed by atoms with Gasteiger partial charge in [-0.1, -0.05) is 12.1 Å². The molecule has 1 saturated heterocycles. The largest absolute Gasteiger partial charge is 0.379 e. The van der Waals surface area contributed by atoms with Crippen molar-refractivity contribution in [3.63, 3.8) is 0 Å². The van der Waals surface area contributed by atoms with Gasteiger partial charge in [-0.15, -0.1) is 0 Å². The second-order valence-electron chi connectivity index (χ2n) is 3.48. The average molecular weight is 168 g/mol. The van der Waals surface area contributed by atoms with E-state index in [1.807, 2.05) is 0 Å². The van der Waals surface area contributed by atoms with Crippen LogP contribution in [0.1, 0.15) is 20.6 Å². The third-order valence-electron chi connectivity index (χ3n) is 2.72. The molecule has 0 spiro atoms. The molecule has 0 saturated carbocycles. The summed E-state index contributed by atoms with van der Waals surface area (Å²) in [5, 5.41) is 0. The molecule has 0 radical (unpaired) electrons. The van der Waals surface area contributed by atoms with Gasteiger partial charge in [-0.2, -0.15) is 0 Å². The Morgan fingerprint density at radius 3 is 2.92 bits per heavy atom. The second-order valence-corrected chi connectivity index (χ2v) is 3.48. The van der Waals surface area contributed by atoms with Gasteiger partial charge in [-0.05, 0) is 19.3 Å². The first-order valence-electron chi connectivity index (χ1n) is 5.33. The van der Waals surface area contributed by atoms with Crippen LogP contribution in [-0.4, -0.2) is 37.2 Å². The van der Waals surface area contributed by atoms with Crippen LogP contribution in [0.5, 0.6) is 0 Å². The van der Waals surface area contributed by atoms with Crippen molar-refractivity contribution in [2.24, 2.45) is 0 Å². The molecule has 1 fully saturated rings. The Kier molecular flexibility index (Phi) is 2.40. The molecule has 0 aromatic heterocycles. The summed E-state index contributed by atoms with van der Waals surface area (Å²) in [6, 6.07) is 1.50. The first kappa shape index (κ1) is 7.10. The topological polar surface area (TPSA) is 12.5 Å². The van der Waals surface area contributed by atoms with Gasteiger partial charge in [0.25, 0.3) is 0 Å². The fourth-order valence-electron chi connectivity index (χ4n) is 1.96. The first-order valence-corrected chi connectivity index (χ1v) is 4.83. The summed E-state index contributed by atoms with van der Waals surface area (Å²) in [4.78, 5) is 2.51. The van der Waals surface area contributed by atoms with Crippen molar-refractivity contribution < 1.29 is 6.11 Å². The lowest BCUT2D eigenvalue weighted by atomic mass is 10.0. The molecule has 1 heterocycles. The average Bonchev–Trinajstić information content (AvgIpc) is 2.20. The monoisotopic (exact) mass is 168 g/mol. The van der Waals surface area contributed by atoms with Crippen molar-refractivity contribution >= 4 is 0 Å². The predicted molar refractivity (Wildman–Crippen MR) is 49.2 cm³/mol. The van der Waals surface area contributed by atoms with Crippen LogP contribution in [0.15, 0.2) is 12.1 Å². The summed E-state index contributed by atoms with van der Waals surface area (Å²) in [5.41, 5.74) is 0. The van der Waals surface area contributed by atoms with E-state index in [1.54, 1.807) is 0 Å². The highest BCUT2D eigenvalue weighted by molar-refractivity contribution is 4.94. The molecule has 0 bridgehead atoms. The van der Waals surface area contributed by atoms with Gasteiger partial charge in [0.05, 0.1) is 14.6 Å². The van der Waals surface area contributed by atoms with Crippen LogP contribution in [0.3, 0.4) is 0 Å². The molecule has 12 heavy (non-hydrogen) atoms. The summed E-state index contributed by atoms with van der Waals surface area (Å²) in [5.74, 6) is 0. The van der Waals surface area contributed by atoms with E-state index in [4.69, 9.17) is 6.11 Å². The highest BCUT2D eigenvalue weighted by Crippen LogP contribution is 2.17. The molecule has 1 unspecified atom stereocenters. The van der Waals surface area contributed by atoms with Gasteiger partial charge in [0, 0.05) is 19.1 Å². The molecule has 0 N–H and O–H groups in total. The van der Waals surface area contributed by atoms with Crippen LogP contribution in [0, 0.1) is 0 Å². The maximum Gasteiger partial charge on any atom is 0.0594 e. The van der Waals surface area contributed by atoms with Crippen LogP contribution in [0.4, 0.5) is 0 Å². The van der Waals surface area contributed by atoms with Gasteiger partial charge in [0.15, 0.2) is 0 Å². The minimum absolute atomic E-state index is 0.679. The van der Waals surface area contributed by atoms with E-state index in [1.165, 1.54) is 0 Å². The lowest BCUT2D eigenvalue weighted by molar-refractivity contribution is 0.0148. The molecule has 2 nitrogen and oxygen atoms in total. The quantitative estimate of drug-likeness (QED) is 0.549. The molecule has 0 aromatic rings. The molecule has 2 rings (SSSR count). The van der Waals surface area contributed by atoms with Crippen molar-refractivity contribution in [1.29, 1.82) is 0 Å². The predicted octanol–water partition coefficient (Wildman–Crippen LogP) is 1.43. The highest BCUT2D eigenvalue weighted by Gasteiger charge is 2.20. The SMILES string of the molecule is [2H]C1=CCC(N2CCOCC2)CC1. The van der Waals surface area contributed by atoms with Gasteiger partial charge in [-0.25, -0.2) is 0 Å². The number of ether oxygens (including phenoxy) is 1. The van der Waals surface area contributed by atoms with Gasteiger partial charge in [-0.3, -0.25) is 4.90 Å². The molecular formula is C10H17NO. The van der Waals surface area contributed by atoms with Crippen molar-refractivity contribution in [2.75, 3.05) is 26.3 Å². The van der Waals surface area contributed by atoms with E-state index in [0.717, 1.165) is 51.6 Å². The zero-order chi connectivity index (χ0) is 9.10. The van der Waals surface area contributed by atoms with E-state index in [0.29, 0.717) is 6.04 Å². The summed E-state index contributed by atoms with van der Waals surface area (Å²) < 4.78 is 12.8. The Morgan fingerprint density at radius 2 is 2.25 bits per heavy atom. The normalized spacial score (nSPS) is 34.2. The standard InChI is InChI=1S/C10H17NO/c1-2-4-10(5-3-1)11-6-8-12-9-7-11/h1-2,10H,3-9H2/i1D. The Labute approximate surface area is 75.6 Å². The van der Waals surface area contributed by atoms with Crippen LogP contribution in [0.2, 0.25) is 0 Å². The lowest BCUT2D eigenvalue weighted by Crippen LogP contribution is -2.43. The van der Waals surface area contributed by atoms with Gasteiger partial charge < -0.3 is 4.74 Å². The van der Waals surface area contributed by atoms with Crippen molar-refractivity contribution in [3.8, 4) is 0 Å². The smallest absolute Gasteiger partial charge is 0.0594 e. The Bertz CT molecular complexity index is 199. The van der Waals surface area contributed by atoms with Crippen LogP contribution >= 0.6 is 0 Å². The minimum Gasteiger partial charge on any atom is -0.379 e. The van der Waals surface area contributed by atoms with Crippen LogP contribution < -0.4 is 0 Å². The lowest BCUT2D eigenvalue weighted by Gasteiger charge is -2.35. The van der Waals surface area contributed by atoms with Crippen LogP contribution in [0.25, 0.3) is 0 Å². The minimum atomic E-state index is 0.679. The molecule has 2 aliphatic rings. The van der Waals surface area contributed by atoms with E-state index < -0.39 is 0 Å². The maximum absolute atomic E-state index is 7.49. The summed E-state index contributed by atoms with van der Waals surface area (Å²) in [6.07, 6.45) is 5.26. The molecule has 0 aromatic carbocycles. The number of hydrogen-bond donors (Lipinski definition) is 0. The summed E-state index contributed by atoms with van der Waals surface area (Å²) in [7, 11) is 0. The Hall–Kier alpha value is -0.340. The van der Waals surface area contributed by atoms with Crippen molar-refractivity contribution in [2.45, 2.75) is 25.3 Å². The zero-order valence-corrected chi connectivity index (χ0v) is 7.46. The van der Waals surface area contributed by atoms with E-state index in [-0.39, 0.29) is 0 Å². The fraction of sp³-hybridized carbons (Fsp3) is 0.800. The molecule has 0 amide bonds. The molecule has 68 valence electrons. The number of hydrogen-bond acceptors (Lipinski definition) is 2. The zero-order valence-electron chi connectivity index (χ0n) is 8.46. The summed E-state index contributed by atoms with van der Waals surface area (Å²) in [6.45, 7) is 3.92. The summed E-state index contributed by atoms with van der Waals surface area (Å²) >= 11 is 0. The van der Waals surface area contributed by atoms with Crippen molar-refractivity contribution in [3.05, 3.63) is 12.1 Å². The van der Waals surface area contributed by atoms with E-state index >= 15 is 0 Å². The number of allylic oxidation sites excluding steroid dienone is 1. The third-order valence-corrected chi connectivity index (χ3v) is 2.72. The Balaban J connectivity index is 1.86. The van der Waals surface area contributed by atoms with E-state index in [9.17, 15) is 0 Å². The highest BCUT2D eigenvalue weighted by atomic mass is 16.5. The molecule has 1 aliphatic carbocycles. The van der Waals surface area contributed by atoms with Gasteiger partial charge in [0.2, 0.25) is 0 Å². The van der Waals surface area contributed by atoms with E-state index in [2.05, 4.69) is 11.0 Å². The van der Waals surface area contributed by atoms with Crippen molar-refractivity contribution in [1.82, 2.24) is 4.90 Å². The molecule has 1 atom stereocenters. The fourth-order valence-corrected chi connectivity index (χ4v) is 1.96. The third kappa shape index (κ3) is 1.87. The number of morpholine rings is 1. The maximum atomic E-state index is 7.49. The number of nitrogens with zero attached hydrogens (tertiary/aromatic N) is 1. The van der Waals surface area contributed by atoms with Gasteiger partial charge >= 0.3 is 0 Å². The van der Waals surface area contributed by atoms with Crippen LogP contribution in [-0.2, 0) is 4.74 Å². The molecule has 2 heteroatoms. The molecular weight excluding hydrogens is 150 g/mol. The molecule has 1 aliphatic heterocycles. The second kappa shape index (κ2) is 4.06. The first-order chi connectivity index (χ1) is 6.36.